The highest BCUT2D eigenvalue weighted by Crippen LogP contribution is 2.13. The Morgan fingerprint density at radius 2 is 2.00 bits per heavy atom. The van der Waals surface area contributed by atoms with E-state index in [0.717, 1.165) is 11.3 Å². The summed E-state index contributed by atoms with van der Waals surface area (Å²) >= 11 is 0. The minimum absolute atomic E-state index is 0. The van der Waals surface area contributed by atoms with Crippen LogP contribution in [0.25, 0.3) is 0 Å². The summed E-state index contributed by atoms with van der Waals surface area (Å²) < 4.78 is 27.3. The number of aromatic nitrogens is 4. The SMILES string of the molecule is Cc1c(CNCc2ccn(C(F)F)n2)cnn1C(C)C.Cl. The number of halogens is 3. The Morgan fingerprint density at radius 3 is 2.52 bits per heavy atom. The first-order valence-corrected chi connectivity index (χ1v) is 6.55. The first-order valence-electron chi connectivity index (χ1n) is 6.55. The van der Waals surface area contributed by atoms with Gasteiger partial charge < -0.3 is 5.32 Å². The van der Waals surface area contributed by atoms with Gasteiger partial charge in [-0.25, -0.2) is 4.68 Å². The van der Waals surface area contributed by atoms with Crippen LogP contribution >= 0.6 is 12.4 Å². The highest BCUT2D eigenvalue weighted by Gasteiger charge is 2.09. The van der Waals surface area contributed by atoms with E-state index in [1.807, 2.05) is 17.8 Å². The molecule has 2 aromatic rings. The highest BCUT2D eigenvalue weighted by atomic mass is 35.5. The molecule has 0 bridgehead atoms. The normalized spacial score (nSPS) is 11.2. The summed E-state index contributed by atoms with van der Waals surface area (Å²) in [5.41, 5.74) is 2.82. The van der Waals surface area contributed by atoms with Gasteiger partial charge in [0.05, 0.1) is 11.9 Å². The maximum absolute atomic E-state index is 12.4. The zero-order valence-corrected chi connectivity index (χ0v) is 13.1. The van der Waals surface area contributed by atoms with E-state index in [4.69, 9.17) is 0 Å². The lowest BCUT2D eigenvalue weighted by Crippen LogP contribution is -2.14. The van der Waals surface area contributed by atoms with E-state index in [2.05, 4.69) is 29.4 Å². The van der Waals surface area contributed by atoms with Gasteiger partial charge >= 0.3 is 6.55 Å². The number of nitrogens with one attached hydrogen (secondary N) is 1. The van der Waals surface area contributed by atoms with Gasteiger partial charge in [0.1, 0.15) is 0 Å². The van der Waals surface area contributed by atoms with Gasteiger partial charge in [0.2, 0.25) is 0 Å². The molecule has 2 aromatic heterocycles. The molecule has 0 atom stereocenters. The number of hydrogen-bond acceptors (Lipinski definition) is 3. The predicted molar refractivity (Wildman–Crippen MR) is 78.6 cm³/mol. The topological polar surface area (TPSA) is 47.7 Å². The Balaban J connectivity index is 0.00000220. The van der Waals surface area contributed by atoms with E-state index >= 15 is 0 Å². The maximum Gasteiger partial charge on any atom is 0.333 e. The smallest absolute Gasteiger partial charge is 0.307 e. The van der Waals surface area contributed by atoms with Crippen LogP contribution in [0.15, 0.2) is 18.5 Å². The second kappa shape index (κ2) is 7.51. The molecule has 0 saturated carbocycles. The molecule has 2 rings (SSSR count). The first-order chi connectivity index (χ1) is 9.49. The summed E-state index contributed by atoms with van der Waals surface area (Å²) in [6, 6.07) is 1.91. The van der Waals surface area contributed by atoms with Gasteiger partial charge in [-0.2, -0.15) is 19.0 Å². The average molecular weight is 320 g/mol. The van der Waals surface area contributed by atoms with Crippen LogP contribution in [0, 0.1) is 6.92 Å². The second-order valence-electron chi connectivity index (χ2n) is 4.96. The van der Waals surface area contributed by atoms with E-state index in [0.29, 0.717) is 29.5 Å². The molecule has 1 N–H and O–H groups in total. The van der Waals surface area contributed by atoms with Gasteiger partial charge in [0.15, 0.2) is 0 Å². The molecule has 21 heavy (non-hydrogen) atoms. The van der Waals surface area contributed by atoms with Crippen LogP contribution < -0.4 is 5.32 Å². The van der Waals surface area contributed by atoms with Crippen LogP contribution in [0.2, 0.25) is 0 Å². The Bertz CT molecular complexity index is 565. The molecule has 0 radical (unpaired) electrons. The van der Waals surface area contributed by atoms with Crippen molar-refractivity contribution in [2.45, 2.75) is 46.5 Å². The van der Waals surface area contributed by atoms with Crippen molar-refractivity contribution in [1.82, 2.24) is 24.9 Å². The fraction of sp³-hybridized carbons (Fsp3) is 0.538. The lowest BCUT2D eigenvalue weighted by Gasteiger charge is -2.09. The van der Waals surface area contributed by atoms with Crippen LogP contribution in [0.5, 0.6) is 0 Å². The third-order valence-corrected chi connectivity index (χ3v) is 3.12. The van der Waals surface area contributed by atoms with E-state index < -0.39 is 6.55 Å². The van der Waals surface area contributed by atoms with Crippen LogP contribution in [-0.2, 0) is 13.1 Å². The van der Waals surface area contributed by atoms with Crippen LogP contribution in [-0.4, -0.2) is 19.6 Å². The Hall–Kier alpha value is -1.47. The van der Waals surface area contributed by atoms with Gasteiger partial charge in [-0.3, -0.25) is 4.68 Å². The Kier molecular flexibility index (Phi) is 6.29. The van der Waals surface area contributed by atoms with Crippen molar-refractivity contribution in [3.05, 3.63) is 35.4 Å². The standard InChI is InChI=1S/C13H19F2N5.ClH/c1-9(2)20-10(3)11(7-17-20)6-16-8-12-4-5-19(18-12)13(14)15;/h4-5,7,9,13,16H,6,8H2,1-3H3;1H. The van der Waals surface area contributed by atoms with Crippen molar-refractivity contribution in [2.24, 2.45) is 0 Å². The lowest BCUT2D eigenvalue weighted by atomic mass is 10.2. The molecule has 8 heteroatoms. The molecule has 0 aromatic carbocycles. The molecular formula is C13H20ClF2N5. The van der Waals surface area contributed by atoms with E-state index in [1.165, 1.54) is 6.20 Å². The van der Waals surface area contributed by atoms with Crippen molar-refractivity contribution in [2.75, 3.05) is 0 Å². The zero-order valence-electron chi connectivity index (χ0n) is 12.3. The molecule has 0 fully saturated rings. The number of nitrogens with zero attached hydrogens (tertiary/aromatic N) is 4. The molecule has 2 heterocycles. The van der Waals surface area contributed by atoms with Gasteiger partial charge in [-0.15, -0.1) is 12.4 Å². The molecule has 5 nitrogen and oxygen atoms in total. The van der Waals surface area contributed by atoms with Crippen molar-refractivity contribution < 1.29 is 8.78 Å². The van der Waals surface area contributed by atoms with E-state index in [1.54, 1.807) is 6.07 Å². The largest absolute Gasteiger partial charge is 0.333 e. The number of rotatable bonds is 6. The molecule has 0 aliphatic rings. The van der Waals surface area contributed by atoms with Gasteiger partial charge in [-0.1, -0.05) is 0 Å². The first kappa shape index (κ1) is 17.6. The highest BCUT2D eigenvalue weighted by molar-refractivity contribution is 5.85. The third kappa shape index (κ3) is 4.25. The van der Waals surface area contributed by atoms with Crippen molar-refractivity contribution in [1.29, 1.82) is 0 Å². The van der Waals surface area contributed by atoms with Crippen molar-refractivity contribution in [3.8, 4) is 0 Å². The van der Waals surface area contributed by atoms with E-state index in [-0.39, 0.29) is 12.4 Å². The minimum Gasteiger partial charge on any atom is -0.307 e. The molecule has 0 saturated heterocycles. The summed E-state index contributed by atoms with van der Waals surface area (Å²) in [7, 11) is 0. The summed E-state index contributed by atoms with van der Waals surface area (Å²) in [5.74, 6) is 0. The van der Waals surface area contributed by atoms with Crippen LogP contribution in [0.3, 0.4) is 0 Å². The monoisotopic (exact) mass is 319 g/mol. The fourth-order valence-corrected chi connectivity index (χ4v) is 2.06. The summed E-state index contributed by atoms with van der Waals surface area (Å²) in [6.45, 7) is 4.68. The number of alkyl halides is 2. The van der Waals surface area contributed by atoms with Crippen molar-refractivity contribution in [3.63, 3.8) is 0 Å². The summed E-state index contributed by atoms with van der Waals surface area (Å²) in [4.78, 5) is 0. The summed E-state index contributed by atoms with van der Waals surface area (Å²) in [6.07, 6.45) is 3.11. The molecular weight excluding hydrogens is 300 g/mol. The zero-order chi connectivity index (χ0) is 14.7. The Labute approximate surface area is 128 Å². The van der Waals surface area contributed by atoms with Gasteiger partial charge in [0.25, 0.3) is 0 Å². The van der Waals surface area contributed by atoms with Gasteiger partial charge in [0, 0.05) is 36.6 Å². The van der Waals surface area contributed by atoms with Crippen LogP contribution in [0.4, 0.5) is 8.78 Å². The molecule has 0 aliphatic heterocycles. The fourth-order valence-electron chi connectivity index (χ4n) is 2.06. The molecule has 0 spiro atoms. The molecule has 0 amide bonds. The van der Waals surface area contributed by atoms with Crippen molar-refractivity contribution >= 4 is 12.4 Å². The lowest BCUT2D eigenvalue weighted by molar-refractivity contribution is 0.0561. The maximum atomic E-state index is 12.4. The predicted octanol–water partition coefficient (Wildman–Crippen LogP) is 3.08. The molecule has 118 valence electrons. The van der Waals surface area contributed by atoms with E-state index in [9.17, 15) is 8.78 Å². The molecule has 0 aliphatic carbocycles. The van der Waals surface area contributed by atoms with Gasteiger partial charge in [-0.05, 0) is 26.8 Å². The average Bonchev–Trinajstić information content (AvgIpc) is 2.97. The minimum atomic E-state index is -2.59. The van der Waals surface area contributed by atoms with Crippen LogP contribution in [0.1, 0.15) is 43.4 Å². The second-order valence-corrected chi connectivity index (χ2v) is 4.96. The third-order valence-electron chi connectivity index (χ3n) is 3.12. The Morgan fingerprint density at radius 1 is 1.29 bits per heavy atom. The molecule has 0 unspecified atom stereocenters. The quantitative estimate of drug-likeness (QED) is 0.890. The summed E-state index contributed by atoms with van der Waals surface area (Å²) in [5, 5.41) is 11.3. The number of hydrogen-bond donors (Lipinski definition) is 1.